The van der Waals surface area contributed by atoms with Gasteiger partial charge in [-0.3, -0.25) is 9.69 Å². The largest absolute Gasteiger partial charge is 0.299 e. The zero-order chi connectivity index (χ0) is 12.5. The van der Waals surface area contributed by atoms with Crippen LogP contribution in [0.5, 0.6) is 0 Å². The predicted octanol–water partition coefficient (Wildman–Crippen LogP) is 2.79. The van der Waals surface area contributed by atoms with Crippen molar-refractivity contribution in [3.8, 4) is 0 Å². The highest BCUT2D eigenvalue weighted by atomic mass is 32.1. The second-order valence-corrected chi connectivity index (χ2v) is 6.81. The molecule has 0 bridgehead atoms. The van der Waals surface area contributed by atoms with E-state index in [9.17, 15) is 4.79 Å². The summed E-state index contributed by atoms with van der Waals surface area (Å²) in [7, 11) is 0. The molecule has 2 fully saturated rings. The molecule has 2 unspecified atom stereocenters. The van der Waals surface area contributed by atoms with Gasteiger partial charge in [0, 0.05) is 36.0 Å². The van der Waals surface area contributed by atoms with E-state index in [1.54, 1.807) is 11.3 Å². The van der Waals surface area contributed by atoms with Gasteiger partial charge < -0.3 is 0 Å². The van der Waals surface area contributed by atoms with Crippen molar-refractivity contribution in [1.82, 2.24) is 9.88 Å². The van der Waals surface area contributed by atoms with Gasteiger partial charge in [0.2, 0.25) is 0 Å². The molecule has 0 N–H and O–H groups in total. The Kier molecular flexibility index (Phi) is 3.48. The highest BCUT2D eigenvalue weighted by molar-refractivity contribution is 7.11. The SMILES string of the molecule is Cc1ncc(CN2CCCC2C2CCCC2=O)s1. The molecule has 1 aliphatic heterocycles. The molecule has 1 aliphatic carbocycles. The van der Waals surface area contributed by atoms with Crippen molar-refractivity contribution in [2.24, 2.45) is 5.92 Å². The fourth-order valence-corrected chi connectivity index (χ4v) is 4.25. The molecule has 1 saturated carbocycles. The number of carbonyl (C=O) groups excluding carboxylic acids is 1. The third-order valence-electron chi connectivity index (χ3n) is 4.26. The molecule has 1 aromatic heterocycles. The Morgan fingerprint density at radius 2 is 2.33 bits per heavy atom. The molecule has 3 nitrogen and oxygen atoms in total. The molecule has 0 amide bonds. The Bertz CT molecular complexity index is 443. The molecule has 3 rings (SSSR count). The van der Waals surface area contributed by atoms with Gasteiger partial charge in [-0.2, -0.15) is 0 Å². The van der Waals surface area contributed by atoms with Gasteiger partial charge >= 0.3 is 0 Å². The van der Waals surface area contributed by atoms with Crippen LogP contribution in [0.4, 0.5) is 0 Å². The fourth-order valence-electron chi connectivity index (χ4n) is 3.43. The molecule has 1 aromatic rings. The van der Waals surface area contributed by atoms with E-state index in [0.717, 1.165) is 37.4 Å². The lowest BCUT2D eigenvalue weighted by Crippen LogP contribution is -2.36. The zero-order valence-corrected chi connectivity index (χ0v) is 11.7. The third-order valence-corrected chi connectivity index (χ3v) is 5.16. The smallest absolute Gasteiger partial charge is 0.137 e. The molecule has 98 valence electrons. The summed E-state index contributed by atoms with van der Waals surface area (Å²) >= 11 is 1.78. The summed E-state index contributed by atoms with van der Waals surface area (Å²) in [6.07, 6.45) is 7.47. The summed E-state index contributed by atoms with van der Waals surface area (Å²) in [6.45, 7) is 4.18. The summed E-state index contributed by atoms with van der Waals surface area (Å²) in [6, 6.07) is 0.502. The van der Waals surface area contributed by atoms with Crippen molar-refractivity contribution in [1.29, 1.82) is 0 Å². The Labute approximate surface area is 112 Å². The van der Waals surface area contributed by atoms with Gasteiger partial charge in [0.1, 0.15) is 5.78 Å². The molecule has 4 heteroatoms. The number of rotatable bonds is 3. The van der Waals surface area contributed by atoms with Crippen molar-refractivity contribution < 1.29 is 4.79 Å². The summed E-state index contributed by atoms with van der Waals surface area (Å²) in [5, 5.41) is 1.14. The minimum absolute atomic E-state index is 0.321. The number of aryl methyl sites for hydroxylation is 1. The van der Waals surface area contributed by atoms with Crippen LogP contribution in [0.2, 0.25) is 0 Å². The lowest BCUT2D eigenvalue weighted by Gasteiger charge is -2.27. The van der Waals surface area contributed by atoms with Crippen LogP contribution >= 0.6 is 11.3 Å². The van der Waals surface area contributed by atoms with E-state index in [2.05, 4.69) is 16.8 Å². The highest BCUT2D eigenvalue weighted by Crippen LogP contribution is 2.34. The summed E-state index contributed by atoms with van der Waals surface area (Å²) in [5.74, 6) is 0.828. The van der Waals surface area contributed by atoms with E-state index in [0.29, 0.717) is 17.7 Å². The number of nitrogens with zero attached hydrogens (tertiary/aromatic N) is 2. The van der Waals surface area contributed by atoms with Crippen LogP contribution in [0.15, 0.2) is 6.20 Å². The van der Waals surface area contributed by atoms with E-state index in [4.69, 9.17) is 0 Å². The molecule has 1 saturated heterocycles. The molecule has 18 heavy (non-hydrogen) atoms. The minimum Gasteiger partial charge on any atom is -0.299 e. The Balaban J connectivity index is 1.69. The van der Waals surface area contributed by atoms with Gasteiger partial charge in [0.05, 0.1) is 5.01 Å². The molecule has 2 aliphatic rings. The van der Waals surface area contributed by atoms with Gasteiger partial charge in [-0.15, -0.1) is 11.3 Å². The van der Waals surface area contributed by atoms with Crippen LogP contribution in [-0.2, 0) is 11.3 Å². The Hall–Kier alpha value is -0.740. The molecule has 0 aromatic carbocycles. The van der Waals surface area contributed by atoms with Crippen molar-refractivity contribution in [3.63, 3.8) is 0 Å². The first-order valence-corrected chi connectivity index (χ1v) is 7.74. The first kappa shape index (κ1) is 12.3. The number of thiazole rings is 1. The van der Waals surface area contributed by atoms with Crippen molar-refractivity contribution >= 4 is 17.1 Å². The number of hydrogen-bond donors (Lipinski definition) is 0. The van der Waals surface area contributed by atoms with Gasteiger partial charge in [-0.1, -0.05) is 0 Å². The number of carbonyl (C=O) groups is 1. The lowest BCUT2D eigenvalue weighted by atomic mass is 9.95. The fraction of sp³-hybridized carbons (Fsp3) is 0.714. The Morgan fingerprint density at radius 1 is 1.44 bits per heavy atom. The van der Waals surface area contributed by atoms with E-state index in [1.165, 1.54) is 17.7 Å². The van der Waals surface area contributed by atoms with Crippen LogP contribution in [0.25, 0.3) is 0 Å². The van der Waals surface area contributed by atoms with Gasteiger partial charge in [-0.25, -0.2) is 4.98 Å². The van der Waals surface area contributed by atoms with Gasteiger partial charge in [0.15, 0.2) is 0 Å². The van der Waals surface area contributed by atoms with Crippen LogP contribution in [-0.4, -0.2) is 28.3 Å². The average molecular weight is 264 g/mol. The van der Waals surface area contributed by atoms with Crippen molar-refractivity contribution in [3.05, 3.63) is 16.1 Å². The van der Waals surface area contributed by atoms with Crippen LogP contribution in [0.1, 0.15) is 42.0 Å². The molecule has 0 spiro atoms. The predicted molar refractivity (Wildman–Crippen MR) is 72.6 cm³/mol. The van der Waals surface area contributed by atoms with Crippen LogP contribution < -0.4 is 0 Å². The summed E-state index contributed by atoms with van der Waals surface area (Å²) in [5.41, 5.74) is 0. The quantitative estimate of drug-likeness (QED) is 0.841. The zero-order valence-electron chi connectivity index (χ0n) is 10.9. The minimum atomic E-state index is 0.321. The molecular formula is C14H20N2OS. The highest BCUT2D eigenvalue weighted by Gasteiger charge is 2.37. The first-order valence-electron chi connectivity index (χ1n) is 6.92. The number of ketones is 1. The van der Waals surface area contributed by atoms with Crippen molar-refractivity contribution in [2.75, 3.05) is 6.54 Å². The molecule has 2 atom stereocenters. The van der Waals surface area contributed by atoms with E-state index in [1.807, 2.05) is 6.20 Å². The lowest BCUT2D eigenvalue weighted by molar-refractivity contribution is -0.122. The standard InChI is InChI=1S/C14H20N2OS/c1-10-15-8-11(18-10)9-16-7-3-5-13(16)12-4-2-6-14(12)17/h8,12-13H,2-7,9H2,1H3. The average Bonchev–Trinajstić information content (AvgIpc) is 3.02. The molecule has 2 heterocycles. The number of hydrogen-bond acceptors (Lipinski definition) is 4. The van der Waals surface area contributed by atoms with Crippen LogP contribution in [0.3, 0.4) is 0 Å². The molecule has 0 radical (unpaired) electrons. The maximum Gasteiger partial charge on any atom is 0.137 e. The van der Waals surface area contributed by atoms with E-state index < -0.39 is 0 Å². The first-order chi connectivity index (χ1) is 8.74. The van der Waals surface area contributed by atoms with Crippen molar-refractivity contribution in [2.45, 2.75) is 51.6 Å². The maximum absolute atomic E-state index is 11.9. The third kappa shape index (κ3) is 2.36. The number of likely N-dealkylation sites (tertiary alicyclic amines) is 1. The summed E-state index contributed by atoms with van der Waals surface area (Å²) < 4.78 is 0. The topological polar surface area (TPSA) is 33.2 Å². The van der Waals surface area contributed by atoms with Gasteiger partial charge in [-0.05, 0) is 39.2 Å². The van der Waals surface area contributed by atoms with E-state index >= 15 is 0 Å². The normalized spacial score (nSPS) is 29.3. The number of Topliss-reactive ketones (excluding diaryl/α,β-unsaturated/α-hetero) is 1. The van der Waals surface area contributed by atoms with E-state index in [-0.39, 0.29) is 0 Å². The monoisotopic (exact) mass is 264 g/mol. The Morgan fingerprint density at radius 3 is 3.00 bits per heavy atom. The second kappa shape index (κ2) is 5.10. The molecular weight excluding hydrogens is 244 g/mol. The van der Waals surface area contributed by atoms with Gasteiger partial charge in [0.25, 0.3) is 0 Å². The maximum atomic E-state index is 11.9. The number of aromatic nitrogens is 1. The summed E-state index contributed by atoms with van der Waals surface area (Å²) in [4.78, 5) is 20.1. The second-order valence-electron chi connectivity index (χ2n) is 5.49. The van der Waals surface area contributed by atoms with Crippen LogP contribution in [0, 0.1) is 12.8 Å².